The molecule has 1 unspecified atom stereocenters. The van der Waals surface area contributed by atoms with E-state index in [1.54, 1.807) is 61.1 Å². The fourth-order valence-electron chi connectivity index (χ4n) is 19.2. The summed E-state index contributed by atoms with van der Waals surface area (Å²) in [6.45, 7) is 21.1. The van der Waals surface area contributed by atoms with Gasteiger partial charge in [-0.2, -0.15) is 0 Å². The molecule has 1 amide bonds. The van der Waals surface area contributed by atoms with Gasteiger partial charge in [-0.3, -0.25) is 38.4 Å². The topological polar surface area (TPSA) is 313 Å². The molecule has 2 bridgehead atoms. The highest BCUT2D eigenvalue weighted by atomic mass is 16.6. The van der Waals surface area contributed by atoms with Crippen molar-refractivity contribution in [2.24, 2.45) is 52.3 Å². The summed E-state index contributed by atoms with van der Waals surface area (Å²) in [5.74, 6) is -11.3. The van der Waals surface area contributed by atoms with Gasteiger partial charge in [0.1, 0.15) is 54.6 Å². The van der Waals surface area contributed by atoms with E-state index < -0.39 is 137 Å². The van der Waals surface area contributed by atoms with Gasteiger partial charge in [0.25, 0.3) is 11.7 Å². The number of allylic oxidation sites excluding steroid dienone is 8. The van der Waals surface area contributed by atoms with Crippen molar-refractivity contribution in [3.8, 4) is 0 Å². The van der Waals surface area contributed by atoms with E-state index in [0.29, 0.717) is 131 Å². The number of aliphatic hydroxyl groups excluding tert-OH is 1. The molecule has 0 aromatic rings. The number of rotatable bonds is 23. The molecule has 0 aromatic heterocycles. The van der Waals surface area contributed by atoms with Crippen LogP contribution in [0.5, 0.6) is 0 Å². The van der Waals surface area contributed by atoms with E-state index in [1.165, 1.54) is 26.0 Å². The summed E-state index contributed by atoms with van der Waals surface area (Å²) < 4.78 is 60.8. The minimum atomic E-state index is -2.49. The molecule has 8 aliphatic rings. The first-order valence-electron chi connectivity index (χ1n) is 41.8. The molecule has 3 saturated heterocycles. The predicted molar refractivity (Wildman–Crippen MR) is 426 cm³/mol. The average Bonchev–Trinajstić information content (AvgIpc) is 1.22. The van der Waals surface area contributed by atoms with Crippen molar-refractivity contribution in [2.45, 2.75) is 290 Å². The van der Waals surface area contributed by atoms with Crippen LogP contribution in [0.4, 0.5) is 0 Å². The van der Waals surface area contributed by atoms with Gasteiger partial charge < -0.3 is 72.3 Å². The normalized spacial score (nSPS) is 36.1. The Morgan fingerprint density at radius 1 is 0.746 bits per heavy atom. The van der Waals surface area contributed by atoms with Crippen molar-refractivity contribution in [3.05, 3.63) is 81.7 Å². The third kappa shape index (κ3) is 22.1. The minimum Gasteiger partial charge on any atom is -0.462 e. The quantitative estimate of drug-likeness (QED) is 0.0240. The third-order valence-corrected chi connectivity index (χ3v) is 25.9. The molecule has 21 atom stereocenters. The lowest BCUT2D eigenvalue weighted by molar-refractivity contribution is -0.265. The number of ketones is 4. The van der Waals surface area contributed by atoms with Crippen molar-refractivity contribution in [3.63, 3.8) is 0 Å². The van der Waals surface area contributed by atoms with Gasteiger partial charge >= 0.3 is 29.8 Å². The lowest BCUT2D eigenvalue weighted by atomic mass is 9.52. The highest BCUT2D eigenvalue weighted by Gasteiger charge is 2.65. The van der Waals surface area contributed by atoms with Crippen molar-refractivity contribution in [1.29, 1.82) is 0 Å². The van der Waals surface area contributed by atoms with Gasteiger partial charge in [-0.1, -0.05) is 90.8 Å². The second kappa shape index (κ2) is 41.5. The fourth-order valence-corrected chi connectivity index (χ4v) is 19.2. The highest BCUT2D eigenvalue weighted by Crippen LogP contribution is 2.64. The van der Waals surface area contributed by atoms with E-state index in [0.717, 1.165) is 18.5 Å². The number of methoxy groups -OCH3 is 4. The molecular weight excluding hydrogens is 1460 g/mol. The Balaban J connectivity index is 0.888. The molecule has 25 heteroatoms. The van der Waals surface area contributed by atoms with E-state index in [1.807, 2.05) is 91.0 Å². The lowest BCUT2D eigenvalue weighted by Gasteiger charge is -2.54. The molecule has 4 aliphatic heterocycles. The Morgan fingerprint density at radius 3 is 2.11 bits per heavy atom. The Kier molecular flexibility index (Phi) is 33.7. The molecule has 114 heavy (non-hydrogen) atoms. The summed E-state index contributed by atoms with van der Waals surface area (Å²) in [5.41, 5.74) is 1.61. The average molecular weight is 1600 g/mol. The standard InChI is InChI=1S/C89H133N3O22/c1-52-29-22-21-23-30-53(2)68(106-16)47-62-36-34-58(7)89(104,114-62)83(100)84(101)92-42-27-26-31-65(92)86(103)111-69(48-66(94)54(3)44-57(6)80(98)82(108-18)79(97)56(5)43-52)55(4)45-61-35-38-67(70(46-61)107-17)110-74(95)32-24-19-20-25-33-75(96)112-72-39-37-64-76-78(71(109-60(9)93)49-87(64,72)10)88(11)73(51-105-15)113-85(102)63(77(88)59(8)81(76)99)50-91(14)41-28-40-90(12)13/h21-23,29-30,44,50,52,54-56,58,61-62,64-65,67-73,80,82,98,104H,19-20,24-28,31-43,45-49,51H2,1-18H3/b23-21+,29-22+,53-30+,57-44+,63-50+/t52-,54-,55-,56-,58-,61+,62+,64?,65+,67-,68+,69+,70-,71-,72+,73-,80-,82+,87+,88+,89-/m1/s1. The Labute approximate surface area is 676 Å². The zero-order valence-electron chi connectivity index (χ0n) is 71.2. The number of esters is 5. The van der Waals surface area contributed by atoms with Crippen LogP contribution in [0.3, 0.4) is 0 Å². The highest BCUT2D eigenvalue weighted by molar-refractivity contribution is 6.39. The molecule has 8 rings (SSSR count). The van der Waals surface area contributed by atoms with Crippen LogP contribution in [0.15, 0.2) is 81.7 Å². The first-order valence-corrected chi connectivity index (χ1v) is 41.8. The number of carbonyl (C=O) groups is 10. The summed E-state index contributed by atoms with van der Waals surface area (Å²) >= 11 is 0. The molecule has 4 aliphatic carbocycles. The SMILES string of the molecule is COC[C@H]1OC(=O)/C(=C/N(C)CCCN(C)C)C2=C(C)C(=O)C3=C([C@H](OC(C)=O)C[C@@]4(C)C3CC[C@@H]4OC(=O)CCCCCCC(=O)O[C@@H]3CC[C@@H](C[C@@H](C)[C@@H]4CC(=O)[C@H](C)/C=C(\C)[C@@H](O)[C@@H](OC)C(=O)[C@H](C)C[C@H](C)/C=C/C=C/C=C(\C)[C@@H](OC)C[C@@H]5CC[C@@H](C)[C@@](O)(O5)C(=O)C(=O)N5CCCC[C@H]5C(=O)O4)C[C@H]3OC)[C@]21C. The zero-order chi connectivity index (χ0) is 83.8. The zero-order valence-corrected chi connectivity index (χ0v) is 71.2. The number of aliphatic hydroxyl groups is 2. The van der Waals surface area contributed by atoms with Gasteiger partial charge in [-0.25, -0.2) is 9.59 Å². The maximum Gasteiger partial charge on any atom is 0.340 e. The van der Waals surface area contributed by atoms with Gasteiger partial charge in [-0.15, -0.1) is 0 Å². The van der Waals surface area contributed by atoms with Crippen LogP contribution in [0, 0.1) is 52.3 Å². The van der Waals surface area contributed by atoms with Gasteiger partial charge in [0.15, 0.2) is 11.6 Å². The molecule has 636 valence electrons. The number of fused-ring (bicyclic) bond motifs is 7. The van der Waals surface area contributed by atoms with Crippen molar-refractivity contribution in [2.75, 3.05) is 75.8 Å². The van der Waals surface area contributed by atoms with Crippen LogP contribution < -0.4 is 0 Å². The number of amides is 1. The smallest absolute Gasteiger partial charge is 0.340 e. The van der Waals surface area contributed by atoms with Crippen LogP contribution in [0.2, 0.25) is 0 Å². The number of hydrogen-bond donors (Lipinski definition) is 2. The monoisotopic (exact) mass is 1600 g/mol. The predicted octanol–water partition coefficient (Wildman–Crippen LogP) is 11.3. The number of unbranched alkanes of at least 4 members (excludes halogenated alkanes) is 3. The van der Waals surface area contributed by atoms with E-state index in [2.05, 4.69) is 4.90 Å². The molecule has 0 spiro atoms. The Bertz CT molecular complexity index is 3680. The maximum absolute atomic E-state index is 15.1. The summed E-state index contributed by atoms with van der Waals surface area (Å²) in [7, 11) is 11.9. The Hall–Kier alpha value is -6.84. The summed E-state index contributed by atoms with van der Waals surface area (Å²) in [6, 6.07) is -1.22. The summed E-state index contributed by atoms with van der Waals surface area (Å²) in [4.78, 5) is 147. The molecular formula is C89H133N3O22. The molecule has 0 radical (unpaired) electrons. The van der Waals surface area contributed by atoms with Crippen LogP contribution >= 0.6 is 0 Å². The van der Waals surface area contributed by atoms with Gasteiger partial charge in [-0.05, 0) is 197 Å². The molecule has 4 heterocycles. The molecule has 5 fully saturated rings. The van der Waals surface area contributed by atoms with Crippen LogP contribution in [-0.2, 0) is 95.3 Å². The number of Topliss-reactive ketones (excluding diaryl/α,β-unsaturated/α-hetero) is 4. The number of hydrogen-bond acceptors (Lipinski definition) is 24. The van der Waals surface area contributed by atoms with E-state index in [-0.39, 0.29) is 104 Å². The largest absolute Gasteiger partial charge is 0.462 e. The van der Waals surface area contributed by atoms with Gasteiger partial charge in [0.2, 0.25) is 5.79 Å². The minimum absolute atomic E-state index is 0.0214. The molecule has 2 N–H and O–H groups in total. The van der Waals surface area contributed by atoms with Crippen LogP contribution in [-0.4, -0.2) is 232 Å². The van der Waals surface area contributed by atoms with Gasteiger partial charge in [0.05, 0.1) is 35.9 Å². The molecule has 0 aromatic carbocycles. The Morgan fingerprint density at radius 2 is 1.45 bits per heavy atom. The number of carbonyl (C=O) groups excluding carboxylic acids is 10. The maximum atomic E-state index is 15.1. The van der Waals surface area contributed by atoms with Crippen LogP contribution in [0.25, 0.3) is 0 Å². The van der Waals surface area contributed by atoms with Crippen molar-refractivity contribution < 1.29 is 106 Å². The first-order chi connectivity index (χ1) is 54.0. The lowest BCUT2D eigenvalue weighted by Crippen LogP contribution is -2.61. The van der Waals surface area contributed by atoms with Crippen molar-refractivity contribution in [1.82, 2.24) is 14.7 Å². The third-order valence-electron chi connectivity index (χ3n) is 25.9. The number of ether oxygens (including phenoxy) is 10. The van der Waals surface area contributed by atoms with E-state index in [4.69, 9.17) is 47.4 Å². The van der Waals surface area contributed by atoms with E-state index in [9.17, 15) is 53.4 Å². The second-order valence-corrected chi connectivity index (χ2v) is 34.8. The van der Waals surface area contributed by atoms with Crippen LogP contribution in [0.1, 0.15) is 217 Å². The fraction of sp³-hybridized carbons (Fsp3) is 0.730. The second-order valence-electron chi connectivity index (χ2n) is 34.8. The first kappa shape index (κ1) is 92.7. The number of nitrogens with zero attached hydrogens (tertiary/aromatic N) is 3. The molecule has 2 saturated carbocycles. The van der Waals surface area contributed by atoms with E-state index >= 15 is 4.79 Å². The number of piperidine rings is 1. The van der Waals surface area contributed by atoms with Crippen molar-refractivity contribution >= 4 is 58.9 Å². The molecule has 25 nitrogen and oxygen atoms in total. The summed E-state index contributed by atoms with van der Waals surface area (Å²) in [6.07, 6.45) is 13.9. The summed E-state index contributed by atoms with van der Waals surface area (Å²) in [5, 5.41) is 23.9. The number of cyclic esters (lactones) is 2. The van der Waals surface area contributed by atoms with Gasteiger partial charge in [0, 0.05) is 122 Å².